The number of carbonyl (C=O) groups excluding carboxylic acids is 3. The molecule has 4 aromatic rings. The lowest BCUT2D eigenvalue weighted by molar-refractivity contribution is -0.245. The highest BCUT2D eigenvalue weighted by Crippen LogP contribution is 2.34. The largest absolute Gasteiger partial charge is 0.508 e. The van der Waals surface area contributed by atoms with Crippen LogP contribution in [0.25, 0.3) is 10.1 Å². The zero-order valence-electron chi connectivity index (χ0n) is 22.8. The predicted octanol–water partition coefficient (Wildman–Crippen LogP) is 4.91. The smallest absolute Gasteiger partial charge is 0.343 e. The minimum atomic E-state index is -0.872. The van der Waals surface area contributed by atoms with Crippen molar-refractivity contribution in [2.75, 3.05) is 6.61 Å². The van der Waals surface area contributed by atoms with Crippen LogP contribution in [0.3, 0.4) is 0 Å². The molecule has 3 aromatic carbocycles. The van der Waals surface area contributed by atoms with Gasteiger partial charge in [-0.05, 0) is 64.7 Å². The highest BCUT2D eigenvalue weighted by molar-refractivity contribution is 7.17. The fraction of sp³-hybridized carbons (Fsp3) is 0.258. The van der Waals surface area contributed by atoms with Crippen molar-refractivity contribution >= 4 is 50.9 Å². The number of nitrogens with zero attached hydrogens (tertiary/aromatic N) is 3. The molecular weight excluding hydrogens is 576 g/mol. The summed E-state index contributed by atoms with van der Waals surface area (Å²) in [5.41, 5.74) is 2.62. The summed E-state index contributed by atoms with van der Waals surface area (Å²) >= 11 is 7.60. The van der Waals surface area contributed by atoms with Crippen LogP contribution in [0, 0.1) is 0 Å². The first-order valence-corrected chi connectivity index (χ1v) is 14.8. The number of hydrogen-bond donors (Lipinski definition) is 2. The Morgan fingerprint density at radius 3 is 2.52 bits per heavy atom. The average molecular weight is 605 g/mol. The van der Waals surface area contributed by atoms with Gasteiger partial charge < -0.3 is 20.2 Å². The van der Waals surface area contributed by atoms with Gasteiger partial charge in [-0.15, -0.1) is 11.3 Å². The first-order valence-electron chi connectivity index (χ1n) is 13.6. The van der Waals surface area contributed by atoms with Crippen molar-refractivity contribution in [1.82, 2.24) is 20.2 Å². The lowest BCUT2D eigenvalue weighted by Gasteiger charge is -2.54. The van der Waals surface area contributed by atoms with Crippen LogP contribution in [0.5, 0.6) is 5.75 Å². The lowest BCUT2D eigenvalue weighted by atomic mass is 9.95. The van der Waals surface area contributed by atoms with Crippen molar-refractivity contribution in [2.45, 2.75) is 44.7 Å². The maximum atomic E-state index is 14.2. The van der Waals surface area contributed by atoms with E-state index in [4.69, 9.17) is 16.4 Å². The maximum Gasteiger partial charge on any atom is 0.343 e. The Morgan fingerprint density at radius 1 is 1.05 bits per heavy atom. The Morgan fingerprint density at radius 2 is 1.76 bits per heavy atom. The second-order valence-corrected chi connectivity index (χ2v) is 11.8. The Labute approximate surface area is 251 Å². The van der Waals surface area contributed by atoms with Crippen molar-refractivity contribution in [3.63, 3.8) is 0 Å². The molecule has 3 atom stereocenters. The number of halogens is 1. The Kier molecular flexibility index (Phi) is 7.76. The molecule has 42 heavy (non-hydrogen) atoms. The highest BCUT2D eigenvalue weighted by atomic mass is 35.5. The second-order valence-electron chi connectivity index (χ2n) is 10.4. The maximum absolute atomic E-state index is 14.2. The van der Waals surface area contributed by atoms with E-state index in [1.54, 1.807) is 52.6 Å². The number of aromatic hydroxyl groups is 1. The van der Waals surface area contributed by atoms with E-state index in [0.717, 1.165) is 26.8 Å². The molecular formula is C31H29ClN4O5S. The first-order chi connectivity index (χ1) is 20.3. The zero-order valence-corrected chi connectivity index (χ0v) is 24.3. The van der Waals surface area contributed by atoms with E-state index in [9.17, 15) is 19.5 Å². The number of fused-ring (bicyclic) bond motifs is 2. The molecule has 9 nitrogen and oxygen atoms in total. The number of thiophene rings is 1. The van der Waals surface area contributed by atoms with Gasteiger partial charge in [0, 0.05) is 29.2 Å². The number of hydrogen-bond acceptors (Lipinski definition) is 6. The topological polar surface area (TPSA) is 102 Å². The van der Waals surface area contributed by atoms with Crippen molar-refractivity contribution < 1.29 is 24.3 Å². The quantitative estimate of drug-likeness (QED) is 0.325. The predicted molar refractivity (Wildman–Crippen MR) is 160 cm³/mol. The summed E-state index contributed by atoms with van der Waals surface area (Å²) in [4.78, 5) is 50.1. The molecule has 0 radical (unpaired) electrons. The van der Waals surface area contributed by atoms with Gasteiger partial charge in [0.15, 0.2) is 12.8 Å². The molecule has 2 saturated heterocycles. The van der Waals surface area contributed by atoms with Gasteiger partial charge in [0.05, 0.1) is 6.04 Å². The van der Waals surface area contributed by atoms with Crippen LogP contribution in [-0.2, 0) is 33.9 Å². The summed E-state index contributed by atoms with van der Waals surface area (Å²) in [5.74, 6) is -0.470. The minimum Gasteiger partial charge on any atom is -0.508 e. The number of carbonyl (C=O) groups is 3. The van der Waals surface area contributed by atoms with Gasteiger partial charge in [0.1, 0.15) is 11.8 Å². The first kappa shape index (κ1) is 28.0. The van der Waals surface area contributed by atoms with Gasteiger partial charge in [-0.3, -0.25) is 14.4 Å². The summed E-state index contributed by atoms with van der Waals surface area (Å²) in [6.07, 6.45) is -0.643. The van der Waals surface area contributed by atoms with Crippen LogP contribution in [0.1, 0.15) is 23.6 Å². The number of piperazine rings is 1. The van der Waals surface area contributed by atoms with E-state index < -0.39 is 24.3 Å². The average Bonchev–Trinajstić information content (AvgIpc) is 3.40. The third-order valence-electron chi connectivity index (χ3n) is 7.79. The van der Waals surface area contributed by atoms with Gasteiger partial charge in [-0.2, -0.15) is 5.06 Å². The van der Waals surface area contributed by atoms with E-state index in [0.29, 0.717) is 11.6 Å². The molecule has 2 aliphatic heterocycles. The fourth-order valence-electron chi connectivity index (χ4n) is 5.63. The molecule has 2 fully saturated rings. The second kappa shape index (κ2) is 11.6. The number of nitrogens with one attached hydrogen (secondary N) is 1. The van der Waals surface area contributed by atoms with Gasteiger partial charge >= 0.3 is 6.03 Å². The van der Waals surface area contributed by atoms with Crippen molar-refractivity contribution in [2.24, 2.45) is 0 Å². The Hall–Kier alpha value is -4.12. The van der Waals surface area contributed by atoms with Crippen LogP contribution in [0.15, 0.2) is 78.2 Å². The lowest BCUT2D eigenvalue weighted by Crippen LogP contribution is -2.75. The van der Waals surface area contributed by atoms with Crippen molar-refractivity contribution in [1.29, 1.82) is 0 Å². The molecule has 216 valence electrons. The van der Waals surface area contributed by atoms with Crippen LogP contribution in [-0.4, -0.2) is 62.7 Å². The number of phenols is 1. The highest BCUT2D eigenvalue weighted by Gasteiger charge is 2.53. The van der Waals surface area contributed by atoms with Crippen LogP contribution in [0.2, 0.25) is 5.02 Å². The van der Waals surface area contributed by atoms with E-state index >= 15 is 0 Å². The summed E-state index contributed by atoms with van der Waals surface area (Å²) in [6.45, 7) is 2.01. The van der Waals surface area contributed by atoms with Gasteiger partial charge in [-0.1, -0.05) is 54.1 Å². The summed E-state index contributed by atoms with van der Waals surface area (Å²) in [6, 6.07) is 19.8. The molecule has 0 bridgehead atoms. The molecule has 1 aromatic heterocycles. The number of amides is 4. The molecule has 11 heteroatoms. The van der Waals surface area contributed by atoms with Gasteiger partial charge in [-0.25, -0.2) is 4.79 Å². The summed E-state index contributed by atoms with van der Waals surface area (Å²) in [5, 5.41) is 17.6. The molecule has 0 aliphatic carbocycles. The number of rotatable bonds is 6. The van der Waals surface area contributed by atoms with Crippen LogP contribution < -0.4 is 5.32 Å². The van der Waals surface area contributed by atoms with E-state index in [2.05, 4.69) is 5.32 Å². The van der Waals surface area contributed by atoms with E-state index in [1.807, 2.05) is 48.7 Å². The standard InChI is InChI=1S/C31H29ClN4O5S/c1-19-29-35(28(38)17-41-36(29)31(40)33-15-21-6-10-23(32)11-7-21)26(14-20-8-12-24(37)13-9-20)30(39)34(19)16-22-18-42-27-5-3-2-4-25(22)27/h2-13,18-19,26,29,37H,14-17H2,1H3,(H,33,40)/t19-,26-,29-/m0/s1. The molecule has 3 heterocycles. The molecule has 6 rings (SSSR count). The number of urea groups is 1. The number of benzene rings is 3. The van der Waals surface area contributed by atoms with Gasteiger partial charge in [0.25, 0.3) is 5.91 Å². The molecule has 0 unspecified atom stereocenters. The molecule has 0 saturated carbocycles. The molecule has 0 spiro atoms. The number of phenolic OH excluding ortho intramolecular Hbond substituents is 1. The van der Waals surface area contributed by atoms with Gasteiger partial charge in [0.2, 0.25) is 5.91 Å². The molecule has 4 amide bonds. The fourth-order valence-corrected chi connectivity index (χ4v) is 6.71. The summed E-state index contributed by atoms with van der Waals surface area (Å²) < 4.78 is 1.12. The molecule has 2 N–H and O–H groups in total. The molecule has 2 aliphatic rings. The Bertz CT molecular complexity index is 1630. The van der Waals surface area contributed by atoms with Crippen LogP contribution >= 0.6 is 22.9 Å². The normalized spacial score (nSPS) is 20.6. The zero-order chi connectivity index (χ0) is 29.4. The number of hydroxylamine groups is 2. The minimum absolute atomic E-state index is 0.108. The van der Waals surface area contributed by atoms with Crippen molar-refractivity contribution in [3.05, 3.63) is 99.9 Å². The summed E-state index contributed by atoms with van der Waals surface area (Å²) in [7, 11) is 0. The third-order valence-corrected chi connectivity index (χ3v) is 9.06. The van der Waals surface area contributed by atoms with E-state index in [-0.39, 0.29) is 37.1 Å². The van der Waals surface area contributed by atoms with E-state index in [1.165, 1.54) is 9.96 Å². The van der Waals surface area contributed by atoms with Crippen LogP contribution in [0.4, 0.5) is 4.79 Å². The SMILES string of the molecule is C[C@H]1[C@@H]2N(C(=O)NCc3ccc(Cl)cc3)OCC(=O)N2[C@@H](Cc2ccc(O)cc2)C(=O)N1Cc1csc2ccccc12. The monoisotopic (exact) mass is 604 g/mol. The third kappa shape index (κ3) is 5.40. The van der Waals surface area contributed by atoms with Crippen molar-refractivity contribution in [3.8, 4) is 5.75 Å². The Balaban J connectivity index is 1.33.